The van der Waals surface area contributed by atoms with Crippen molar-refractivity contribution < 1.29 is 8.42 Å². The molecule has 0 unspecified atom stereocenters. The fraction of sp³-hybridized carbons (Fsp3) is 0.214. The molecule has 0 radical (unpaired) electrons. The second kappa shape index (κ2) is 7.02. The van der Waals surface area contributed by atoms with E-state index in [4.69, 9.17) is 0 Å². The summed E-state index contributed by atoms with van der Waals surface area (Å²) in [5.74, 6) is 0. The lowest BCUT2D eigenvalue weighted by Gasteiger charge is -2.20. The fourth-order valence-electron chi connectivity index (χ4n) is 1.86. The molecule has 5 nitrogen and oxygen atoms in total. The topological polar surface area (TPSA) is 71.1 Å². The highest BCUT2D eigenvalue weighted by atomic mass is 79.9. The molecule has 0 spiro atoms. The molecular weight excluding hydrogens is 354 g/mol. The first-order valence-electron chi connectivity index (χ1n) is 6.31. The highest BCUT2D eigenvalue weighted by molar-refractivity contribution is 9.10. The average molecular weight is 370 g/mol. The van der Waals surface area contributed by atoms with Crippen molar-refractivity contribution in [3.63, 3.8) is 0 Å². The quantitative estimate of drug-likeness (QED) is 0.820. The van der Waals surface area contributed by atoms with Crippen LogP contribution in [-0.2, 0) is 10.0 Å². The third-order valence-corrected chi connectivity index (χ3v) is 3.92. The predicted molar refractivity (Wildman–Crippen MR) is 87.6 cm³/mol. The van der Waals surface area contributed by atoms with Crippen LogP contribution in [0.15, 0.2) is 53.3 Å². The molecule has 0 amide bonds. The first kappa shape index (κ1) is 15.9. The lowest BCUT2D eigenvalue weighted by Crippen LogP contribution is -2.30. The van der Waals surface area contributed by atoms with Gasteiger partial charge < -0.3 is 5.32 Å². The highest BCUT2D eigenvalue weighted by Gasteiger charge is 2.13. The molecule has 1 aromatic heterocycles. The first-order chi connectivity index (χ1) is 9.94. The molecule has 0 bridgehead atoms. The van der Waals surface area contributed by atoms with Crippen molar-refractivity contribution in [3.05, 3.63) is 58.8 Å². The summed E-state index contributed by atoms with van der Waals surface area (Å²) in [6.07, 6.45) is 4.54. The highest BCUT2D eigenvalue weighted by Crippen LogP contribution is 2.21. The number of rotatable bonds is 6. The van der Waals surface area contributed by atoms with Gasteiger partial charge in [0.05, 0.1) is 24.2 Å². The molecule has 0 saturated carbocycles. The van der Waals surface area contributed by atoms with Gasteiger partial charge in [-0.2, -0.15) is 0 Å². The zero-order valence-electron chi connectivity index (χ0n) is 11.5. The van der Waals surface area contributed by atoms with Crippen molar-refractivity contribution in [3.8, 4) is 0 Å². The van der Waals surface area contributed by atoms with Gasteiger partial charge in [-0.25, -0.2) is 13.1 Å². The summed E-state index contributed by atoms with van der Waals surface area (Å²) in [5, 5.41) is 3.29. The SMILES string of the molecule is CS(=O)(=O)NC[C@H](Nc1cncc(Br)c1)c1ccccc1. The molecule has 7 heteroatoms. The Bertz CT molecular complexity index is 692. The second-order valence-electron chi connectivity index (χ2n) is 4.62. The molecule has 0 aliphatic heterocycles. The van der Waals surface area contributed by atoms with Gasteiger partial charge in [0.15, 0.2) is 0 Å². The number of anilines is 1. The second-order valence-corrected chi connectivity index (χ2v) is 7.37. The molecule has 1 atom stereocenters. The summed E-state index contributed by atoms with van der Waals surface area (Å²) in [7, 11) is -3.24. The number of nitrogens with zero attached hydrogens (tertiary/aromatic N) is 1. The normalized spacial score (nSPS) is 12.9. The van der Waals surface area contributed by atoms with Crippen LogP contribution in [0.25, 0.3) is 0 Å². The summed E-state index contributed by atoms with van der Waals surface area (Å²) >= 11 is 3.37. The Balaban J connectivity index is 2.19. The Kier molecular flexibility index (Phi) is 5.33. The molecule has 0 saturated heterocycles. The largest absolute Gasteiger partial charge is 0.376 e. The zero-order valence-corrected chi connectivity index (χ0v) is 13.9. The molecule has 2 rings (SSSR count). The minimum atomic E-state index is -3.24. The Labute approximate surface area is 133 Å². The maximum Gasteiger partial charge on any atom is 0.208 e. The van der Waals surface area contributed by atoms with Gasteiger partial charge in [0.25, 0.3) is 0 Å². The van der Waals surface area contributed by atoms with Gasteiger partial charge in [-0.05, 0) is 27.6 Å². The van der Waals surface area contributed by atoms with E-state index in [9.17, 15) is 8.42 Å². The average Bonchev–Trinajstić information content (AvgIpc) is 2.43. The Morgan fingerprint density at radius 3 is 2.57 bits per heavy atom. The van der Waals surface area contributed by atoms with E-state index in [-0.39, 0.29) is 12.6 Å². The van der Waals surface area contributed by atoms with E-state index in [0.29, 0.717) is 0 Å². The van der Waals surface area contributed by atoms with Gasteiger partial charge >= 0.3 is 0 Å². The van der Waals surface area contributed by atoms with E-state index in [2.05, 4.69) is 31.0 Å². The third-order valence-electron chi connectivity index (χ3n) is 2.80. The van der Waals surface area contributed by atoms with Crippen LogP contribution in [0.2, 0.25) is 0 Å². The number of nitrogens with one attached hydrogen (secondary N) is 2. The van der Waals surface area contributed by atoms with Crippen LogP contribution in [0, 0.1) is 0 Å². The Hall–Kier alpha value is -1.44. The number of halogens is 1. The van der Waals surface area contributed by atoms with Crippen molar-refractivity contribution in [2.75, 3.05) is 18.1 Å². The van der Waals surface area contributed by atoms with Gasteiger partial charge in [-0.1, -0.05) is 30.3 Å². The van der Waals surface area contributed by atoms with Gasteiger partial charge in [-0.3, -0.25) is 4.98 Å². The monoisotopic (exact) mass is 369 g/mol. The molecule has 0 aliphatic carbocycles. The first-order valence-corrected chi connectivity index (χ1v) is 8.99. The van der Waals surface area contributed by atoms with Crippen molar-refractivity contribution in [2.24, 2.45) is 0 Å². The Morgan fingerprint density at radius 1 is 1.24 bits per heavy atom. The van der Waals surface area contributed by atoms with E-state index >= 15 is 0 Å². The summed E-state index contributed by atoms with van der Waals surface area (Å²) in [6, 6.07) is 11.4. The van der Waals surface area contributed by atoms with E-state index in [1.807, 2.05) is 36.4 Å². The van der Waals surface area contributed by atoms with E-state index in [1.54, 1.807) is 12.4 Å². The van der Waals surface area contributed by atoms with E-state index < -0.39 is 10.0 Å². The molecule has 21 heavy (non-hydrogen) atoms. The van der Waals surface area contributed by atoms with Crippen molar-refractivity contribution in [2.45, 2.75) is 6.04 Å². The Morgan fingerprint density at radius 2 is 1.95 bits per heavy atom. The number of hydrogen-bond acceptors (Lipinski definition) is 4. The third kappa shape index (κ3) is 5.45. The number of hydrogen-bond donors (Lipinski definition) is 2. The summed E-state index contributed by atoms with van der Waals surface area (Å²) in [4.78, 5) is 4.09. The van der Waals surface area contributed by atoms with E-state index in [0.717, 1.165) is 22.0 Å². The van der Waals surface area contributed by atoms with Crippen LogP contribution in [0.4, 0.5) is 5.69 Å². The minimum absolute atomic E-state index is 0.183. The molecule has 0 aliphatic rings. The van der Waals surface area contributed by atoms with Gasteiger partial charge in [0.2, 0.25) is 10.0 Å². The number of benzene rings is 1. The maximum atomic E-state index is 11.3. The lowest BCUT2D eigenvalue weighted by molar-refractivity contribution is 0.582. The van der Waals surface area contributed by atoms with Gasteiger partial charge in [0, 0.05) is 17.2 Å². The summed E-state index contributed by atoms with van der Waals surface area (Å²) in [6.45, 7) is 0.259. The van der Waals surface area contributed by atoms with Crippen LogP contribution in [-0.4, -0.2) is 26.2 Å². The van der Waals surface area contributed by atoms with Gasteiger partial charge in [0.1, 0.15) is 0 Å². The predicted octanol–water partition coefficient (Wildman–Crippen LogP) is 2.55. The molecule has 2 N–H and O–H groups in total. The molecule has 1 heterocycles. The van der Waals surface area contributed by atoms with Crippen molar-refractivity contribution in [1.29, 1.82) is 0 Å². The van der Waals surface area contributed by atoms with Crippen LogP contribution in [0.3, 0.4) is 0 Å². The molecule has 112 valence electrons. The fourth-order valence-corrected chi connectivity index (χ4v) is 2.70. The van der Waals surface area contributed by atoms with Crippen LogP contribution in [0.5, 0.6) is 0 Å². The van der Waals surface area contributed by atoms with Gasteiger partial charge in [-0.15, -0.1) is 0 Å². The minimum Gasteiger partial charge on any atom is -0.376 e. The molecule has 1 aromatic carbocycles. The number of sulfonamides is 1. The maximum absolute atomic E-state index is 11.3. The lowest BCUT2D eigenvalue weighted by atomic mass is 10.1. The summed E-state index contributed by atoms with van der Waals surface area (Å²) in [5.41, 5.74) is 1.81. The molecule has 0 fully saturated rings. The summed E-state index contributed by atoms with van der Waals surface area (Å²) < 4.78 is 26.0. The van der Waals surface area contributed by atoms with Crippen molar-refractivity contribution in [1.82, 2.24) is 9.71 Å². The van der Waals surface area contributed by atoms with Crippen LogP contribution in [0.1, 0.15) is 11.6 Å². The number of aromatic nitrogens is 1. The molecule has 2 aromatic rings. The standard InChI is InChI=1S/C14H16BrN3O2S/c1-21(19,20)17-10-14(11-5-3-2-4-6-11)18-13-7-12(15)8-16-9-13/h2-9,14,17-18H,10H2,1H3/t14-/m0/s1. The van der Waals surface area contributed by atoms with E-state index in [1.165, 1.54) is 0 Å². The van der Waals surface area contributed by atoms with Crippen LogP contribution < -0.4 is 10.0 Å². The molecular formula is C14H16BrN3O2S. The zero-order chi connectivity index (χ0) is 15.3. The van der Waals surface area contributed by atoms with Crippen molar-refractivity contribution >= 4 is 31.6 Å². The smallest absolute Gasteiger partial charge is 0.208 e. The van der Waals surface area contributed by atoms with Crippen LogP contribution >= 0.6 is 15.9 Å². The number of pyridine rings is 1.